The summed E-state index contributed by atoms with van der Waals surface area (Å²) in [5.41, 5.74) is -0.155. The minimum Gasteiger partial charge on any atom is -0.377 e. The summed E-state index contributed by atoms with van der Waals surface area (Å²) in [7, 11) is 1.64. The Kier molecular flexibility index (Phi) is 4.63. The number of amides is 1. The van der Waals surface area contributed by atoms with Crippen LogP contribution < -0.4 is 0 Å². The molecule has 1 atom stereocenters. The molecule has 1 unspecified atom stereocenters. The summed E-state index contributed by atoms with van der Waals surface area (Å²) in [6.45, 7) is 3.08. The van der Waals surface area contributed by atoms with Gasteiger partial charge < -0.3 is 9.64 Å². The summed E-state index contributed by atoms with van der Waals surface area (Å²) in [6, 6.07) is 4.49. The number of nitro groups is 1. The van der Waals surface area contributed by atoms with Gasteiger partial charge in [0.1, 0.15) is 4.47 Å². The molecule has 21 heavy (non-hydrogen) atoms. The molecule has 1 aliphatic heterocycles. The average molecular weight is 357 g/mol. The van der Waals surface area contributed by atoms with Crippen molar-refractivity contribution in [1.82, 2.24) is 4.90 Å². The molecule has 0 N–H and O–H groups in total. The summed E-state index contributed by atoms with van der Waals surface area (Å²) in [6.07, 6.45) is 1.74. The second-order valence-corrected chi connectivity index (χ2v) is 6.17. The molecule has 0 bridgehead atoms. The highest BCUT2D eigenvalue weighted by Crippen LogP contribution is 2.31. The number of halogens is 1. The zero-order valence-corrected chi connectivity index (χ0v) is 13.6. The summed E-state index contributed by atoms with van der Waals surface area (Å²) >= 11 is 3.17. The van der Waals surface area contributed by atoms with Crippen LogP contribution in [-0.2, 0) is 4.74 Å². The van der Waals surface area contributed by atoms with Crippen LogP contribution in [0.15, 0.2) is 22.7 Å². The first-order chi connectivity index (χ1) is 9.88. The van der Waals surface area contributed by atoms with Crippen LogP contribution in [0.4, 0.5) is 5.69 Å². The van der Waals surface area contributed by atoms with Gasteiger partial charge in [0.2, 0.25) is 0 Å². The number of carbonyl (C=O) groups is 1. The predicted molar refractivity (Wildman–Crippen MR) is 81.3 cm³/mol. The van der Waals surface area contributed by atoms with Crippen LogP contribution in [0, 0.1) is 10.1 Å². The maximum Gasteiger partial charge on any atom is 0.284 e. The highest BCUT2D eigenvalue weighted by Gasteiger charge is 2.34. The molecule has 6 nitrogen and oxygen atoms in total. The SMILES string of the molecule is COC1(C)CCCN(C(=O)c2cccc([N+](=O)[O-])c2Br)C1. The van der Waals surface area contributed by atoms with Crippen molar-refractivity contribution < 1.29 is 14.5 Å². The van der Waals surface area contributed by atoms with Gasteiger partial charge in [-0.05, 0) is 41.8 Å². The molecular formula is C14H17BrN2O4. The number of ether oxygens (including phenoxy) is 1. The van der Waals surface area contributed by atoms with Crippen LogP contribution in [0.3, 0.4) is 0 Å². The molecule has 1 aliphatic rings. The molecule has 0 spiro atoms. The highest BCUT2D eigenvalue weighted by molar-refractivity contribution is 9.10. The van der Waals surface area contributed by atoms with Crippen LogP contribution in [0.2, 0.25) is 0 Å². The van der Waals surface area contributed by atoms with Gasteiger partial charge in [-0.3, -0.25) is 14.9 Å². The Hall–Kier alpha value is -1.47. The van der Waals surface area contributed by atoms with Crippen LogP contribution in [0.1, 0.15) is 30.1 Å². The number of rotatable bonds is 3. The quantitative estimate of drug-likeness (QED) is 0.616. The number of hydrogen-bond acceptors (Lipinski definition) is 4. The maximum absolute atomic E-state index is 12.6. The van der Waals surface area contributed by atoms with Crippen molar-refractivity contribution in [1.29, 1.82) is 0 Å². The number of carbonyl (C=O) groups excluding carboxylic acids is 1. The largest absolute Gasteiger partial charge is 0.377 e. The van der Waals surface area contributed by atoms with E-state index in [1.165, 1.54) is 12.1 Å². The Morgan fingerprint density at radius 3 is 2.86 bits per heavy atom. The summed E-state index contributed by atoms with van der Waals surface area (Å²) in [5.74, 6) is -0.214. The fourth-order valence-electron chi connectivity index (χ4n) is 2.54. The Morgan fingerprint density at radius 2 is 2.24 bits per heavy atom. The number of methoxy groups -OCH3 is 1. The Labute approximate surface area is 131 Å². The summed E-state index contributed by atoms with van der Waals surface area (Å²) in [4.78, 5) is 24.8. The molecule has 0 aliphatic carbocycles. The molecule has 1 amide bonds. The van der Waals surface area contributed by atoms with E-state index in [1.54, 1.807) is 18.1 Å². The van der Waals surface area contributed by atoms with E-state index in [2.05, 4.69) is 15.9 Å². The van der Waals surface area contributed by atoms with E-state index in [9.17, 15) is 14.9 Å². The van der Waals surface area contributed by atoms with Crippen molar-refractivity contribution in [3.8, 4) is 0 Å². The normalized spacial score (nSPS) is 22.1. The number of nitro benzene ring substituents is 1. The van der Waals surface area contributed by atoms with Gasteiger partial charge in [0.15, 0.2) is 0 Å². The first kappa shape index (κ1) is 15.9. The lowest BCUT2D eigenvalue weighted by Crippen LogP contribution is -2.49. The van der Waals surface area contributed by atoms with Crippen LogP contribution in [-0.4, -0.2) is 41.5 Å². The van der Waals surface area contributed by atoms with Gasteiger partial charge in [0.05, 0.1) is 16.1 Å². The van der Waals surface area contributed by atoms with Crippen molar-refractivity contribution in [2.75, 3.05) is 20.2 Å². The molecular weight excluding hydrogens is 340 g/mol. The standard InChI is InChI=1S/C14H17BrN2O4/c1-14(21-2)7-4-8-16(9-14)13(18)10-5-3-6-11(12(10)15)17(19)20/h3,5-6H,4,7-9H2,1-2H3. The molecule has 1 aromatic carbocycles. The summed E-state index contributed by atoms with van der Waals surface area (Å²) in [5, 5.41) is 11.0. The lowest BCUT2D eigenvalue weighted by Gasteiger charge is -2.39. The second-order valence-electron chi connectivity index (χ2n) is 5.38. The molecule has 2 rings (SSSR count). The van der Waals surface area contributed by atoms with Crippen molar-refractivity contribution in [2.24, 2.45) is 0 Å². The van der Waals surface area contributed by atoms with E-state index in [1.807, 2.05) is 6.92 Å². The van der Waals surface area contributed by atoms with E-state index in [0.29, 0.717) is 18.7 Å². The van der Waals surface area contributed by atoms with Crippen molar-refractivity contribution >= 4 is 27.5 Å². The van der Waals surface area contributed by atoms with E-state index in [-0.39, 0.29) is 21.7 Å². The molecule has 114 valence electrons. The smallest absolute Gasteiger partial charge is 0.284 e. The van der Waals surface area contributed by atoms with Crippen LogP contribution >= 0.6 is 15.9 Å². The van der Waals surface area contributed by atoms with Crippen molar-refractivity contribution in [3.63, 3.8) is 0 Å². The Balaban J connectivity index is 2.28. The number of benzene rings is 1. The van der Waals surface area contributed by atoms with Gasteiger partial charge in [-0.1, -0.05) is 6.07 Å². The number of hydrogen-bond donors (Lipinski definition) is 0. The lowest BCUT2D eigenvalue weighted by atomic mass is 9.94. The fraction of sp³-hybridized carbons (Fsp3) is 0.500. The molecule has 1 saturated heterocycles. The first-order valence-electron chi connectivity index (χ1n) is 6.65. The Morgan fingerprint density at radius 1 is 1.52 bits per heavy atom. The monoisotopic (exact) mass is 356 g/mol. The minimum atomic E-state index is -0.504. The zero-order chi connectivity index (χ0) is 15.6. The third-order valence-electron chi connectivity index (χ3n) is 3.84. The van der Waals surface area contributed by atoms with E-state index in [4.69, 9.17) is 4.74 Å². The number of likely N-dealkylation sites (tertiary alicyclic amines) is 1. The summed E-state index contributed by atoms with van der Waals surface area (Å²) < 4.78 is 5.70. The molecule has 0 aromatic heterocycles. The fourth-order valence-corrected chi connectivity index (χ4v) is 3.12. The molecule has 1 fully saturated rings. The second kappa shape index (κ2) is 6.11. The minimum absolute atomic E-state index is 0.104. The van der Waals surface area contributed by atoms with Crippen molar-refractivity contribution in [3.05, 3.63) is 38.3 Å². The number of nitrogens with zero attached hydrogens (tertiary/aromatic N) is 2. The van der Waals surface area contributed by atoms with Gasteiger partial charge in [-0.15, -0.1) is 0 Å². The van der Waals surface area contributed by atoms with E-state index >= 15 is 0 Å². The first-order valence-corrected chi connectivity index (χ1v) is 7.44. The number of piperidine rings is 1. The van der Waals surface area contributed by atoms with Crippen LogP contribution in [0.25, 0.3) is 0 Å². The zero-order valence-electron chi connectivity index (χ0n) is 12.0. The third-order valence-corrected chi connectivity index (χ3v) is 4.68. The van der Waals surface area contributed by atoms with Gasteiger partial charge in [-0.25, -0.2) is 0 Å². The Bertz CT molecular complexity index is 578. The van der Waals surface area contributed by atoms with Gasteiger partial charge in [-0.2, -0.15) is 0 Å². The van der Waals surface area contributed by atoms with E-state index < -0.39 is 4.92 Å². The van der Waals surface area contributed by atoms with Gasteiger partial charge in [0, 0.05) is 26.3 Å². The highest BCUT2D eigenvalue weighted by atomic mass is 79.9. The third kappa shape index (κ3) is 3.24. The molecule has 1 heterocycles. The average Bonchev–Trinajstić information content (AvgIpc) is 2.46. The lowest BCUT2D eigenvalue weighted by molar-refractivity contribution is -0.385. The maximum atomic E-state index is 12.6. The predicted octanol–water partition coefficient (Wildman–Crippen LogP) is 3.00. The van der Waals surface area contributed by atoms with E-state index in [0.717, 1.165) is 12.8 Å². The topological polar surface area (TPSA) is 72.7 Å². The van der Waals surface area contributed by atoms with Gasteiger partial charge >= 0.3 is 0 Å². The molecule has 0 radical (unpaired) electrons. The molecule has 7 heteroatoms. The van der Waals surface area contributed by atoms with Crippen molar-refractivity contribution in [2.45, 2.75) is 25.4 Å². The molecule has 1 aromatic rings. The van der Waals surface area contributed by atoms with Crippen LogP contribution in [0.5, 0.6) is 0 Å². The molecule has 0 saturated carbocycles. The van der Waals surface area contributed by atoms with Gasteiger partial charge in [0.25, 0.3) is 11.6 Å².